The molecule has 0 aliphatic heterocycles. The average molecular weight is 650 g/mol. The third kappa shape index (κ3) is 13.5. The number of non-ortho nitro benzene ring substituents is 2. The van der Waals surface area contributed by atoms with E-state index in [4.69, 9.17) is 15.8 Å². The van der Waals surface area contributed by atoms with Crippen molar-refractivity contribution in [2.45, 2.75) is 0 Å². The zero-order valence-electron chi connectivity index (χ0n) is 19.5. The molecule has 2 radical (unpaired) electrons. The summed E-state index contributed by atoms with van der Waals surface area (Å²) >= 11 is 0. The third-order valence-corrected chi connectivity index (χ3v) is 4.15. The van der Waals surface area contributed by atoms with Crippen LogP contribution < -0.4 is 16.5 Å². The van der Waals surface area contributed by atoms with Gasteiger partial charge in [-0.25, -0.2) is 0 Å². The van der Waals surface area contributed by atoms with Crippen LogP contribution in [0.5, 0.6) is 0 Å². The van der Waals surface area contributed by atoms with Crippen molar-refractivity contribution in [2.24, 2.45) is 0 Å². The second-order valence-electron chi connectivity index (χ2n) is 6.76. The standard InChI is InChI=1S/C12H9N2O2.C6H7BO2.C6H5N2O2.2Y/c15-14(16)12-8-4-7-11(9-12)13-10-5-2-1-3-6-10;8-7(9)6-4-2-1-3-5-6;7-5-2-1-3-6(4-5)8(9)10;;/h1-7,9,13H;1-5,8-9H;1-2,4H,7H2;;/q-1;;-1;;. The summed E-state index contributed by atoms with van der Waals surface area (Å²) in [6, 6.07) is 32.1. The van der Waals surface area contributed by atoms with Crippen LogP contribution in [0.3, 0.4) is 0 Å². The van der Waals surface area contributed by atoms with E-state index in [0.717, 1.165) is 5.69 Å². The van der Waals surface area contributed by atoms with Gasteiger partial charge >= 0.3 is 7.12 Å². The number of benzene rings is 4. The van der Waals surface area contributed by atoms with Gasteiger partial charge in [-0.05, 0) is 17.6 Å². The molecule has 0 spiro atoms. The number of rotatable bonds is 5. The summed E-state index contributed by atoms with van der Waals surface area (Å²) in [5.41, 5.74) is 7.61. The Morgan fingerprint density at radius 2 is 1.22 bits per heavy atom. The van der Waals surface area contributed by atoms with Crippen LogP contribution >= 0.6 is 0 Å². The average Bonchev–Trinajstić information content (AvgIpc) is 2.86. The molecule has 0 saturated carbocycles. The Morgan fingerprint density at radius 3 is 1.65 bits per heavy atom. The van der Waals surface area contributed by atoms with Crippen molar-refractivity contribution in [3.8, 4) is 0 Å². The Labute approximate surface area is 264 Å². The molecule has 0 aliphatic rings. The Bertz CT molecular complexity index is 1240. The summed E-state index contributed by atoms with van der Waals surface area (Å²) in [4.78, 5) is 19.6. The molecule has 0 saturated heterocycles. The van der Waals surface area contributed by atoms with Gasteiger partial charge in [0, 0.05) is 81.0 Å². The van der Waals surface area contributed by atoms with Gasteiger partial charge in [-0.1, -0.05) is 72.0 Å². The molecule has 13 heteroatoms. The van der Waals surface area contributed by atoms with Crippen molar-refractivity contribution in [2.75, 3.05) is 11.1 Å². The molecule has 4 aromatic carbocycles. The Kier molecular flexibility index (Phi) is 17.4. The molecule has 0 aromatic heterocycles. The van der Waals surface area contributed by atoms with E-state index < -0.39 is 17.0 Å². The van der Waals surface area contributed by atoms with E-state index in [1.165, 1.54) is 24.3 Å². The summed E-state index contributed by atoms with van der Waals surface area (Å²) in [6.45, 7) is 0. The Hall–Kier alpha value is -2.53. The fraction of sp³-hybridized carbons (Fsp3) is 0. The quantitative estimate of drug-likeness (QED) is 0.0839. The van der Waals surface area contributed by atoms with Crippen LogP contribution in [0, 0.1) is 32.4 Å². The van der Waals surface area contributed by atoms with Gasteiger partial charge in [0.1, 0.15) is 0 Å². The van der Waals surface area contributed by atoms with Crippen LogP contribution in [0.15, 0.2) is 97.1 Å². The van der Waals surface area contributed by atoms with Crippen LogP contribution in [-0.2, 0) is 65.4 Å². The van der Waals surface area contributed by atoms with Gasteiger partial charge in [0.05, 0.1) is 0 Å². The second kappa shape index (κ2) is 18.7. The van der Waals surface area contributed by atoms with Crippen LogP contribution in [-0.4, -0.2) is 27.0 Å². The van der Waals surface area contributed by atoms with Crippen molar-refractivity contribution in [1.82, 2.24) is 0 Å². The van der Waals surface area contributed by atoms with Crippen LogP contribution in [0.4, 0.5) is 28.4 Å². The van der Waals surface area contributed by atoms with E-state index in [0.29, 0.717) is 16.8 Å². The first-order valence-corrected chi connectivity index (χ1v) is 10.1. The minimum atomic E-state index is -1.34. The molecule has 0 aliphatic carbocycles. The monoisotopic (exact) mass is 650 g/mol. The molecule has 0 heterocycles. The number of para-hydroxylation sites is 1. The number of nitro groups is 2. The van der Waals surface area contributed by atoms with Gasteiger partial charge in [0.15, 0.2) is 11.4 Å². The minimum Gasteiger partial charge on any atom is -0.423 e. The fourth-order valence-electron chi connectivity index (χ4n) is 2.53. The number of nitrogens with one attached hydrogen (secondary N) is 1. The maximum Gasteiger partial charge on any atom is 0.488 e. The second-order valence-corrected chi connectivity index (χ2v) is 6.76. The molecule has 4 aromatic rings. The van der Waals surface area contributed by atoms with Crippen molar-refractivity contribution in [3.63, 3.8) is 0 Å². The molecule has 10 nitrogen and oxygen atoms in total. The summed E-state index contributed by atoms with van der Waals surface area (Å²) in [5.74, 6) is 0. The van der Waals surface area contributed by atoms with Crippen molar-refractivity contribution < 1.29 is 85.3 Å². The molecule has 0 atom stereocenters. The summed E-state index contributed by atoms with van der Waals surface area (Å²) in [6.07, 6.45) is 0. The molecular formula is C24H21BN4O6Y2-2. The van der Waals surface area contributed by atoms with Crippen LogP contribution in [0.1, 0.15) is 0 Å². The molecule has 0 amide bonds. The number of nitrogens with two attached hydrogens (primary N) is 1. The number of hydrogen-bond donors (Lipinski definition) is 4. The van der Waals surface area contributed by atoms with Gasteiger partial charge in [-0.2, -0.15) is 12.1 Å². The largest absolute Gasteiger partial charge is 0.488 e. The third-order valence-electron chi connectivity index (χ3n) is 4.15. The van der Waals surface area contributed by atoms with E-state index in [-0.39, 0.29) is 76.8 Å². The zero-order chi connectivity index (χ0) is 25.6. The van der Waals surface area contributed by atoms with E-state index >= 15 is 0 Å². The first kappa shape index (κ1) is 34.5. The van der Waals surface area contributed by atoms with Gasteiger partial charge in [-0.15, -0.1) is 24.3 Å². The molecule has 5 N–H and O–H groups in total. The Morgan fingerprint density at radius 1 is 0.730 bits per heavy atom. The summed E-state index contributed by atoms with van der Waals surface area (Å²) < 4.78 is 0. The fourth-order valence-corrected chi connectivity index (χ4v) is 2.53. The minimum absolute atomic E-state index is 0. The summed E-state index contributed by atoms with van der Waals surface area (Å²) in [5, 5.41) is 40.9. The topological polar surface area (TPSA) is 165 Å². The maximum atomic E-state index is 10.6. The van der Waals surface area contributed by atoms with Crippen molar-refractivity contribution >= 4 is 41.0 Å². The molecule has 37 heavy (non-hydrogen) atoms. The molecule has 4 rings (SSSR count). The predicted molar refractivity (Wildman–Crippen MR) is 134 cm³/mol. The number of hydrogen-bond acceptors (Lipinski definition) is 8. The Balaban J connectivity index is 0.000000540. The number of nitrogens with zero attached hydrogens (tertiary/aromatic N) is 2. The molecule has 0 unspecified atom stereocenters. The van der Waals surface area contributed by atoms with E-state index in [9.17, 15) is 20.2 Å². The normalized spacial score (nSPS) is 8.92. The van der Waals surface area contributed by atoms with Crippen LogP contribution in [0.25, 0.3) is 0 Å². The van der Waals surface area contributed by atoms with Crippen LogP contribution in [0.2, 0.25) is 0 Å². The van der Waals surface area contributed by atoms with Gasteiger partial charge in [0.25, 0.3) is 0 Å². The van der Waals surface area contributed by atoms with Crippen molar-refractivity contribution in [3.05, 3.63) is 129 Å². The summed E-state index contributed by atoms with van der Waals surface area (Å²) in [7, 11) is -1.34. The molecule has 0 fully saturated rings. The molecule has 184 valence electrons. The zero-order valence-corrected chi connectivity index (χ0v) is 25.1. The number of anilines is 3. The van der Waals surface area contributed by atoms with Crippen molar-refractivity contribution in [1.29, 1.82) is 0 Å². The van der Waals surface area contributed by atoms with E-state index in [1.54, 1.807) is 36.4 Å². The first-order chi connectivity index (χ1) is 16.8. The molecular weight excluding hydrogens is 629 g/mol. The maximum absolute atomic E-state index is 10.6. The number of nitro benzene ring substituents is 2. The van der Waals surface area contributed by atoms with Gasteiger partial charge in [-0.3, -0.25) is 20.2 Å². The van der Waals surface area contributed by atoms with E-state index in [2.05, 4.69) is 17.4 Å². The van der Waals surface area contributed by atoms with Gasteiger partial charge < -0.3 is 21.1 Å². The molecule has 0 bridgehead atoms. The number of nitrogen functional groups attached to an aromatic ring is 1. The first-order valence-electron chi connectivity index (χ1n) is 10.1. The van der Waals surface area contributed by atoms with Gasteiger partial charge in [0.2, 0.25) is 0 Å². The van der Waals surface area contributed by atoms with E-state index in [1.807, 2.05) is 36.4 Å². The SMILES string of the molecule is Nc1cc[c-]c([N+](=O)[O-])c1.O=[N+]([O-])c1[c-]ccc(Nc2ccccc2)c1.OB(O)c1ccccc1.[Y].[Y]. The smallest absolute Gasteiger partial charge is 0.423 e. The predicted octanol–water partition coefficient (Wildman–Crippen LogP) is 3.48.